The molecule has 0 spiro atoms. The Balaban J connectivity index is 4.37. The maximum absolute atomic E-state index is 11.2. The van der Waals surface area contributed by atoms with Gasteiger partial charge in [-0.2, -0.15) is 0 Å². The summed E-state index contributed by atoms with van der Waals surface area (Å²) in [5.41, 5.74) is 0. The first-order valence-electron chi connectivity index (χ1n) is 10.6. The highest BCUT2D eigenvalue weighted by Gasteiger charge is 2.29. The van der Waals surface area contributed by atoms with Crippen LogP contribution in [0.25, 0.3) is 0 Å². The molecule has 9 nitrogen and oxygen atoms in total. The number of nitro groups is 2. The van der Waals surface area contributed by atoms with Crippen molar-refractivity contribution in [3.63, 3.8) is 0 Å². The van der Waals surface area contributed by atoms with Gasteiger partial charge in [0.1, 0.15) is 18.5 Å². The Labute approximate surface area is 172 Å². The Morgan fingerprint density at radius 3 is 1.69 bits per heavy atom. The van der Waals surface area contributed by atoms with E-state index in [0.29, 0.717) is 25.5 Å². The molecule has 2 N–H and O–H groups in total. The zero-order valence-corrected chi connectivity index (χ0v) is 17.4. The lowest BCUT2D eigenvalue weighted by Crippen LogP contribution is -2.34. The summed E-state index contributed by atoms with van der Waals surface area (Å²) in [4.78, 5) is 31.6. The van der Waals surface area contributed by atoms with Crippen LogP contribution in [0.3, 0.4) is 0 Å². The smallest absolute Gasteiger partial charge is 0.238 e. The molecule has 0 aromatic carbocycles. The number of hydrogen-bond acceptors (Lipinski definition) is 7. The van der Waals surface area contributed by atoms with Gasteiger partial charge >= 0.3 is 0 Å². The maximum atomic E-state index is 11.2. The third-order valence-corrected chi connectivity index (χ3v) is 5.03. The number of carbonyl (C=O) groups excluding carboxylic acids is 1. The number of aliphatic hydroxyl groups excluding tert-OH is 2. The van der Waals surface area contributed by atoms with Crippen molar-refractivity contribution >= 4 is 6.29 Å². The van der Waals surface area contributed by atoms with Crippen LogP contribution in [0.1, 0.15) is 84.0 Å². The number of nitrogens with zero attached hydrogens (tertiary/aromatic N) is 2. The van der Waals surface area contributed by atoms with E-state index in [-0.39, 0.29) is 25.7 Å². The van der Waals surface area contributed by atoms with Crippen LogP contribution in [0.2, 0.25) is 0 Å². The molecule has 0 rings (SSSR count). The second-order valence-corrected chi connectivity index (χ2v) is 7.44. The molecule has 0 aromatic heterocycles. The predicted octanol–water partition coefficient (Wildman–Crippen LogP) is 3.46. The van der Waals surface area contributed by atoms with E-state index in [9.17, 15) is 35.2 Å². The van der Waals surface area contributed by atoms with Crippen LogP contribution in [-0.2, 0) is 4.79 Å². The molecule has 4 atom stereocenters. The van der Waals surface area contributed by atoms with Crippen LogP contribution >= 0.6 is 0 Å². The lowest BCUT2D eigenvalue weighted by atomic mass is 9.99. The van der Waals surface area contributed by atoms with Crippen molar-refractivity contribution < 1.29 is 24.9 Å². The summed E-state index contributed by atoms with van der Waals surface area (Å²) in [7, 11) is 0. The monoisotopic (exact) mass is 416 g/mol. The van der Waals surface area contributed by atoms with Crippen LogP contribution in [0.5, 0.6) is 0 Å². The fraction of sp³-hybridized carbons (Fsp3) is 0.850. The van der Waals surface area contributed by atoms with Crippen molar-refractivity contribution in [3.8, 4) is 0 Å². The molecule has 0 radical (unpaired) electrons. The van der Waals surface area contributed by atoms with Crippen LogP contribution in [-0.4, -0.2) is 50.6 Å². The number of unbranched alkanes of at least 4 members (excludes halogenated alkanes) is 6. The van der Waals surface area contributed by atoms with Crippen LogP contribution in [0.15, 0.2) is 12.2 Å². The number of hydrogen-bond donors (Lipinski definition) is 2. The lowest BCUT2D eigenvalue weighted by molar-refractivity contribution is -0.535. The zero-order chi connectivity index (χ0) is 22.1. The Kier molecular flexibility index (Phi) is 15.9. The molecule has 0 aliphatic rings. The second kappa shape index (κ2) is 17.0. The van der Waals surface area contributed by atoms with E-state index in [4.69, 9.17) is 0 Å². The number of carbonyl (C=O) groups is 1. The van der Waals surface area contributed by atoms with E-state index >= 15 is 0 Å². The minimum atomic E-state index is -1.21. The number of aliphatic hydroxyl groups is 2. The molecule has 0 aromatic rings. The molecular weight excluding hydrogens is 380 g/mol. The van der Waals surface area contributed by atoms with Gasteiger partial charge in [-0.05, 0) is 25.7 Å². The zero-order valence-electron chi connectivity index (χ0n) is 17.4. The molecule has 168 valence electrons. The Bertz CT molecular complexity index is 499. The van der Waals surface area contributed by atoms with Crippen molar-refractivity contribution in [1.82, 2.24) is 0 Å². The molecule has 4 unspecified atom stereocenters. The van der Waals surface area contributed by atoms with Crippen LogP contribution in [0.4, 0.5) is 0 Å². The van der Waals surface area contributed by atoms with Gasteiger partial charge in [-0.25, -0.2) is 0 Å². The maximum Gasteiger partial charge on any atom is 0.238 e. The van der Waals surface area contributed by atoms with E-state index in [1.54, 1.807) is 0 Å². The predicted molar refractivity (Wildman–Crippen MR) is 110 cm³/mol. The van der Waals surface area contributed by atoms with Gasteiger partial charge in [0, 0.05) is 29.1 Å². The van der Waals surface area contributed by atoms with E-state index in [2.05, 4.69) is 6.92 Å². The Morgan fingerprint density at radius 2 is 1.24 bits per heavy atom. The summed E-state index contributed by atoms with van der Waals surface area (Å²) >= 11 is 0. The van der Waals surface area contributed by atoms with Gasteiger partial charge in [-0.1, -0.05) is 51.2 Å². The van der Waals surface area contributed by atoms with Crippen molar-refractivity contribution in [2.75, 3.05) is 0 Å². The number of aldehydes is 1. The lowest BCUT2D eigenvalue weighted by Gasteiger charge is -2.15. The third-order valence-electron chi connectivity index (χ3n) is 5.03. The molecule has 0 saturated heterocycles. The molecule has 9 heteroatoms. The minimum Gasteiger partial charge on any atom is -0.386 e. The van der Waals surface area contributed by atoms with Gasteiger partial charge in [0.2, 0.25) is 12.1 Å². The van der Waals surface area contributed by atoms with Gasteiger partial charge in [0.05, 0.1) is 0 Å². The van der Waals surface area contributed by atoms with E-state index in [1.165, 1.54) is 12.2 Å². The highest BCUT2D eigenvalue weighted by atomic mass is 16.6. The molecule has 0 heterocycles. The molecule has 0 fully saturated rings. The van der Waals surface area contributed by atoms with Gasteiger partial charge in [-0.3, -0.25) is 20.2 Å². The summed E-state index contributed by atoms with van der Waals surface area (Å²) in [6.07, 6.45) is 8.46. The van der Waals surface area contributed by atoms with E-state index in [1.807, 2.05) is 0 Å². The fourth-order valence-corrected chi connectivity index (χ4v) is 3.21. The Morgan fingerprint density at radius 1 is 0.793 bits per heavy atom. The summed E-state index contributed by atoms with van der Waals surface area (Å²) in [5, 5.41) is 42.4. The molecule has 29 heavy (non-hydrogen) atoms. The first-order valence-corrected chi connectivity index (χ1v) is 10.6. The van der Waals surface area contributed by atoms with Gasteiger partial charge in [0.15, 0.2) is 0 Å². The van der Waals surface area contributed by atoms with Crippen LogP contribution in [0, 0.1) is 20.2 Å². The first kappa shape index (κ1) is 27.1. The topological polar surface area (TPSA) is 144 Å². The van der Waals surface area contributed by atoms with Gasteiger partial charge < -0.3 is 15.0 Å². The normalized spacial score (nSPS) is 15.7. The quantitative estimate of drug-likeness (QED) is 0.108. The molecule has 0 saturated carbocycles. The van der Waals surface area contributed by atoms with Crippen molar-refractivity contribution in [2.24, 2.45) is 0 Å². The van der Waals surface area contributed by atoms with E-state index in [0.717, 1.165) is 32.1 Å². The SMILES string of the molecule is CCCCCCCCC(C(O)C/C=C\CC(O)C(CCCC=O)[N+](=O)[O-])[N+](=O)[O-]. The summed E-state index contributed by atoms with van der Waals surface area (Å²) in [6, 6.07) is -2.20. The molecule has 0 amide bonds. The highest BCUT2D eigenvalue weighted by molar-refractivity contribution is 5.48. The molecule has 0 bridgehead atoms. The average molecular weight is 417 g/mol. The summed E-state index contributed by atoms with van der Waals surface area (Å²) in [5.74, 6) is 0. The highest BCUT2D eigenvalue weighted by Crippen LogP contribution is 2.16. The third kappa shape index (κ3) is 13.1. The van der Waals surface area contributed by atoms with Crippen molar-refractivity contribution in [2.45, 2.75) is 108 Å². The molecule has 0 aliphatic heterocycles. The van der Waals surface area contributed by atoms with E-state index < -0.39 is 34.1 Å². The van der Waals surface area contributed by atoms with Crippen LogP contribution < -0.4 is 0 Å². The largest absolute Gasteiger partial charge is 0.386 e. The molecular formula is C20H36N2O7. The van der Waals surface area contributed by atoms with Gasteiger partial charge in [0.25, 0.3) is 0 Å². The number of rotatable bonds is 19. The Hall–Kier alpha value is -1.87. The van der Waals surface area contributed by atoms with Crippen molar-refractivity contribution in [3.05, 3.63) is 32.4 Å². The van der Waals surface area contributed by atoms with Crippen molar-refractivity contribution in [1.29, 1.82) is 0 Å². The summed E-state index contributed by atoms with van der Waals surface area (Å²) in [6.45, 7) is 2.12. The first-order chi connectivity index (χ1) is 13.8. The summed E-state index contributed by atoms with van der Waals surface area (Å²) < 4.78 is 0. The standard InChI is InChI=1S/C20H36N2O7/c1-2-3-4-5-6-7-12-17(21(26)27)19(24)14-8-9-15-20(25)18(22(28)29)13-10-11-16-23/h8-9,16-20,24-25H,2-7,10-15H2,1H3/b9-8-. The average Bonchev–Trinajstić information content (AvgIpc) is 2.67. The molecule has 0 aliphatic carbocycles. The second-order valence-electron chi connectivity index (χ2n) is 7.44. The minimum absolute atomic E-state index is 0.0139. The van der Waals surface area contributed by atoms with Gasteiger partial charge in [-0.15, -0.1) is 0 Å². The fourth-order valence-electron chi connectivity index (χ4n) is 3.21.